The second-order valence-corrected chi connectivity index (χ2v) is 5.26. The fraction of sp³-hybridized carbons (Fsp3) is 0.176. The van der Waals surface area contributed by atoms with Crippen molar-refractivity contribution in [3.05, 3.63) is 65.7 Å². The molecule has 1 atom stereocenters. The minimum Gasteiger partial charge on any atom is -0.392 e. The zero-order chi connectivity index (χ0) is 15.2. The van der Waals surface area contributed by atoms with Gasteiger partial charge in [0.25, 0.3) is 0 Å². The second-order valence-electron chi connectivity index (χ2n) is 4.79. The van der Waals surface area contributed by atoms with Gasteiger partial charge in [0.2, 0.25) is 5.91 Å². The van der Waals surface area contributed by atoms with Crippen LogP contribution in [0.25, 0.3) is 0 Å². The number of hydrogen-bond acceptors (Lipinski definition) is 2. The first-order valence-corrected chi connectivity index (χ1v) is 7.26. The first-order chi connectivity index (χ1) is 10.1. The van der Waals surface area contributed by atoms with Gasteiger partial charge in [-0.2, -0.15) is 0 Å². The Morgan fingerprint density at radius 2 is 1.76 bits per heavy atom. The lowest BCUT2D eigenvalue weighted by molar-refractivity contribution is -0.116. The fourth-order valence-electron chi connectivity index (χ4n) is 2.13. The summed E-state index contributed by atoms with van der Waals surface area (Å²) in [5.74, 6) is -0.829. The summed E-state index contributed by atoms with van der Waals surface area (Å²) in [6.45, 7) is 2.09. The molecule has 0 aliphatic rings. The van der Waals surface area contributed by atoms with Crippen molar-refractivity contribution in [3.8, 4) is 0 Å². The van der Waals surface area contributed by atoms with Gasteiger partial charge in [-0.15, -0.1) is 0 Å². The minimum atomic E-state index is -0.618. The Bertz CT molecular complexity index is 623. The van der Waals surface area contributed by atoms with Crippen molar-refractivity contribution < 1.29 is 4.79 Å². The van der Waals surface area contributed by atoms with E-state index >= 15 is 0 Å². The van der Waals surface area contributed by atoms with Crippen molar-refractivity contribution in [3.63, 3.8) is 0 Å². The first-order valence-electron chi connectivity index (χ1n) is 6.86. The molecule has 0 saturated heterocycles. The molecule has 1 amide bonds. The van der Waals surface area contributed by atoms with Crippen LogP contribution < -0.4 is 11.1 Å². The van der Waals surface area contributed by atoms with Crippen LogP contribution >= 0.6 is 12.2 Å². The molecule has 4 heteroatoms. The number of thiocarbonyl (C=S) groups is 1. The van der Waals surface area contributed by atoms with Gasteiger partial charge in [0.05, 0.1) is 4.99 Å². The molecule has 2 aromatic rings. The third kappa shape index (κ3) is 3.89. The number of nitrogens with one attached hydrogen (secondary N) is 1. The van der Waals surface area contributed by atoms with E-state index in [1.807, 2.05) is 54.6 Å². The summed E-state index contributed by atoms with van der Waals surface area (Å²) in [6.07, 6.45) is 0.966. The molecule has 2 rings (SSSR count). The van der Waals surface area contributed by atoms with Crippen molar-refractivity contribution >= 4 is 28.8 Å². The smallest absolute Gasteiger partial charge is 0.238 e. The molecule has 3 nitrogen and oxygen atoms in total. The van der Waals surface area contributed by atoms with E-state index in [1.54, 1.807) is 0 Å². The second kappa shape index (κ2) is 6.99. The van der Waals surface area contributed by atoms with Crippen LogP contribution in [0.4, 0.5) is 5.69 Å². The van der Waals surface area contributed by atoms with E-state index in [2.05, 4.69) is 12.2 Å². The van der Waals surface area contributed by atoms with Crippen molar-refractivity contribution in [1.82, 2.24) is 0 Å². The summed E-state index contributed by atoms with van der Waals surface area (Å²) < 4.78 is 0. The Labute approximate surface area is 130 Å². The monoisotopic (exact) mass is 298 g/mol. The van der Waals surface area contributed by atoms with Gasteiger partial charge in [-0.1, -0.05) is 61.6 Å². The lowest BCUT2D eigenvalue weighted by atomic mass is 9.98. The number of nitrogens with two attached hydrogens (primary N) is 1. The fourth-order valence-corrected chi connectivity index (χ4v) is 2.37. The first kappa shape index (κ1) is 15.2. The largest absolute Gasteiger partial charge is 0.392 e. The molecule has 0 saturated carbocycles. The molecule has 0 aromatic heterocycles. The summed E-state index contributed by atoms with van der Waals surface area (Å²) >= 11 is 5.05. The molecule has 0 aliphatic heterocycles. The Hall–Kier alpha value is -2.20. The maximum absolute atomic E-state index is 12.4. The normalized spacial score (nSPS) is 11.7. The molecule has 0 fully saturated rings. The molecule has 0 radical (unpaired) electrons. The van der Waals surface area contributed by atoms with Crippen LogP contribution in [-0.2, 0) is 11.2 Å². The highest BCUT2D eigenvalue weighted by atomic mass is 32.1. The van der Waals surface area contributed by atoms with E-state index in [0.717, 1.165) is 17.7 Å². The van der Waals surface area contributed by atoms with Crippen molar-refractivity contribution in [2.75, 3.05) is 5.32 Å². The Kier molecular flexibility index (Phi) is 5.06. The zero-order valence-corrected chi connectivity index (χ0v) is 12.7. The number of rotatable bonds is 5. The maximum Gasteiger partial charge on any atom is 0.238 e. The van der Waals surface area contributed by atoms with Gasteiger partial charge in [0.1, 0.15) is 5.92 Å². The molecule has 21 heavy (non-hydrogen) atoms. The van der Waals surface area contributed by atoms with Gasteiger partial charge in [-0.3, -0.25) is 4.79 Å². The van der Waals surface area contributed by atoms with E-state index in [-0.39, 0.29) is 10.9 Å². The van der Waals surface area contributed by atoms with Gasteiger partial charge in [-0.25, -0.2) is 0 Å². The molecule has 0 aliphatic carbocycles. The van der Waals surface area contributed by atoms with Crippen LogP contribution in [0.5, 0.6) is 0 Å². The van der Waals surface area contributed by atoms with Crippen LogP contribution in [-0.4, -0.2) is 10.9 Å². The number of benzene rings is 2. The highest BCUT2D eigenvalue weighted by molar-refractivity contribution is 7.80. The van der Waals surface area contributed by atoms with E-state index in [4.69, 9.17) is 18.0 Å². The highest BCUT2D eigenvalue weighted by Gasteiger charge is 2.23. The number of carbonyl (C=O) groups is 1. The Balaban J connectivity index is 2.17. The third-order valence-corrected chi connectivity index (χ3v) is 3.55. The zero-order valence-electron chi connectivity index (χ0n) is 11.9. The number of anilines is 1. The Morgan fingerprint density at radius 1 is 1.14 bits per heavy atom. The van der Waals surface area contributed by atoms with Crippen LogP contribution in [0.15, 0.2) is 54.6 Å². The standard InChI is InChI=1S/C17H18N2OS/c1-2-12-8-10-14(11-9-12)19-17(20)15(16(18)21)13-6-4-3-5-7-13/h3-11,15H,2H2,1H3,(H2,18,21)(H,19,20). The summed E-state index contributed by atoms with van der Waals surface area (Å²) in [6, 6.07) is 17.1. The van der Waals surface area contributed by atoms with Crippen molar-refractivity contribution in [2.45, 2.75) is 19.3 Å². The maximum atomic E-state index is 12.4. The van der Waals surface area contributed by atoms with E-state index in [1.165, 1.54) is 5.56 Å². The topological polar surface area (TPSA) is 55.1 Å². The number of carbonyl (C=O) groups excluding carboxylic acids is 1. The lowest BCUT2D eigenvalue weighted by Crippen LogP contribution is -2.31. The summed E-state index contributed by atoms with van der Waals surface area (Å²) in [5.41, 5.74) is 8.51. The predicted molar refractivity (Wildman–Crippen MR) is 90.4 cm³/mol. The van der Waals surface area contributed by atoms with Crippen LogP contribution in [0, 0.1) is 0 Å². The summed E-state index contributed by atoms with van der Waals surface area (Å²) in [5, 5.41) is 2.87. The lowest BCUT2D eigenvalue weighted by Gasteiger charge is -2.16. The highest BCUT2D eigenvalue weighted by Crippen LogP contribution is 2.19. The van der Waals surface area contributed by atoms with Crippen molar-refractivity contribution in [2.24, 2.45) is 5.73 Å². The van der Waals surface area contributed by atoms with Crippen LogP contribution in [0.2, 0.25) is 0 Å². The van der Waals surface area contributed by atoms with Gasteiger partial charge in [-0.05, 0) is 29.7 Å². The van der Waals surface area contributed by atoms with E-state index in [0.29, 0.717) is 0 Å². The van der Waals surface area contributed by atoms with Crippen molar-refractivity contribution in [1.29, 1.82) is 0 Å². The van der Waals surface area contributed by atoms with Gasteiger partial charge in [0.15, 0.2) is 0 Å². The predicted octanol–water partition coefficient (Wildman–Crippen LogP) is 3.26. The average Bonchev–Trinajstić information content (AvgIpc) is 2.49. The molecule has 108 valence electrons. The molecule has 0 heterocycles. The van der Waals surface area contributed by atoms with Crippen LogP contribution in [0.1, 0.15) is 24.0 Å². The molecule has 2 aromatic carbocycles. The number of amides is 1. The molecule has 1 unspecified atom stereocenters. The Morgan fingerprint density at radius 3 is 2.29 bits per heavy atom. The van der Waals surface area contributed by atoms with Gasteiger partial charge >= 0.3 is 0 Å². The molecule has 3 N–H and O–H groups in total. The molecular formula is C17H18N2OS. The average molecular weight is 298 g/mol. The van der Waals surface area contributed by atoms with E-state index in [9.17, 15) is 4.79 Å². The molecule has 0 spiro atoms. The minimum absolute atomic E-state index is 0.170. The quantitative estimate of drug-likeness (QED) is 0.833. The molecular weight excluding hydrogens is 280 g/mol. The van der Waals surface area contributed by atoms with Crippen LogP contribution in [0.3, 0.4) is 0 Å². The van der Waals surface area contributed by atoms with Gasteiger partial charge < -0.3 is 11.1 Å². The van der Waals surface area contributed by atoms with E-state index < -0.39 is 5.92 Å². The summed E-state index contributed by atoms with van der Waals surface area (Å²) in [4.78, 5) is 12.6. The third-order valence-electron chi connectivity index (χ3n) is 3.31. The number of aryl methyl sites for hydroxylation is 1. The SMILES string of the molecule is CCc1ccc(NC(=O)C(C(N)=S)c2ccccc2)cc1. The summed E-state index contributed by atoms with van der Waals surface area (Å²) in [7, 11) is 0. The van der Waals surface area contributed by atoms with Gasteiger partial charge in [0, 0.05) is 5.69 Å². The number of hydrogen-bond donors (Lipinski definition) is 2. The molecule has 0 bridgehead atoms.